The summed E-state index contributed by atoms with van der Waals surface area (Å²) < 4.78 is 74.4. The van der Waals surface area contributed by atoms with E-state index < -0.39 is 44.5 Å². The molecule has 0 fully saturated rings. The number of benzene rings is 1. The standard InChI is InChI=1S/C22H21Cl2F3N3O5S/c1-13-8-14(6-7-29(13)35-3)21(31)20-19(9-15(23)11-28-20)30(12-34-2)36(32,33)16-4-5-18(24)17(10-16)22(25,26)27/h4-11,21,31H,12H2,1-3H3/q+1. The Kier molecular flexibility index (Phi) is 8.36. The summed E-state index contributed by atoms with van der Waals surface area (Å²) in [4.78, 5) is 8.56. The van der Waals surface area contributed by atoms with Crippen molar-refractivity contribution >= 4 is 38.9 Å². The highest BCUT2D eigenvalue weighted by Crippen LogP contribution is 2.38. The Bertz CT molecular complexity index is 1370. The quantitative estimate of drug-likeness (QED) is 0.328. The zero-order valence-corrected chi connectivity index (χ0v) is 21.5. The maximum absolute atomic E-state index is 13.5. The van der Waals surface area contributed by atoms with Crippen LogP contribution >= 0.6 is 23.2 Å². The molecule has 1 aromatic carbocycles. The molecule has 14 heteroatoms. The van der Waals surface area contributed by atoms with Crippen LogP contribution in [0.2, 0.25) is 10.0 Å². The molecule has 0 aliphatic heterocycles. The fraction of sp³-hybridized carbons (Fsp3) is 0.273. The van der Waals surface area contributed by atoms with Crippen LogP contribution in [0.4, 0.5) is 18.9 Å². The summed E-state index contributed by atoms with van der Waals surface area (Å²) in [6, 6.07) is 6.55. The molecule has 0 bridgehead atoms. The van der Waals surface area contributed by atoms with Crippen LogP contribution in [0.5, 0.6) is 0 Å². The smallest absolute Gasteiger partial charge is 0.382 e. The molecule has 0 radical (unpaired) electrons. The molecule has 2 aromatic heterocycles. The molecule has 1 N–H and O–H groups in total. The Balaban J connectivity index is 2.18. The van der Waals surface area contributed by atoms with Gasteiger partial charge in [-0.2, -0.15) is 13.2 Å². The minimum atomic E-state index is -4.89. The summed E-state index contributed by atoms with van der Waals surface area (Å²) >= 11 is 11.7. The number of rotatable bonds is 8. The number of aliphatic hydroxyl groups excluding tert-OH is 1. The molecule has 3 rings (SSSR count). The van der Waals surface area contributed by atoms with Gasteiger partial charge < -0.3 is 9.84 Å². The van der Waals surface area contributed by atoms with E-state index in [1.54, 1.807) is 19.2 Å². The fourth-order valence-corrected chi connectivity index (χ4v) is 5.19. The molecular formula is C22H21Cl2F3N3O5S+. The van der Waals surface area contributed by atoms with E-state index in [2.05, 4.69) is 4.98 Å². The Morgan fingerprint density at radius 2 is 1.86 bits per heavy atom. The average Bonchev–Trinajstić information content (AvgIpc) is 2.81. The second-order valence-electron chi connectivity index (χ2n) is 7.48. The van der Waals surface area contributed by atoms with Crippen molar-refractivity contribution in [1.29, 1.82) is 0 Å². The Morgan fingerprint density at radius 3 is 2.44 bits per heavy atom. The number of anilines is 1. The maximum Gasteiger partial charge on any atom is 0.417 e. The van der Waals surface area contributed by atoms with Gasteiger partial charge in [0, 0.05) is 37.1 Å². The third-order valence-corrected chi connectivity index (χ3v) is 7.38. The van der Waals surface area contributed by atoms with Gasteiger partial charge in [0.2, 0.25) is 11.9 Å². The first-order valence-electron chi connectivity index (χ1n) is 10.1. The predicted molar refractivity (Wildman–Crippen MR) is 125 cm³/mol. The van der Waals surface area contributed by atoms with Gasteiger partial charge in [0.1, 0.15) is 19.9 Å². The lowest BCUT2D eigenvalue weighted by Crippen LogP contribution is -2.43. The van der Waals surface area contributed by atoms with E-state index in [0.717, 1.165) is 12.1 Å². The van der Waals surface area contributed by atoms with Gasteiger partial charge in [-0.15, -0.1) is 0 Å². The summed E-state index contributed by atoms with van der Waals surface area (Å²) in [5.74, 6) is 0. The Labute approximate surface area is 215 Å². The number of aryl methyl sites for hydroxylation is 1. The van der Waals surface area contributed by atoms with E-state index in [-0.39, 0.29) is 16.4 Å². The molecule has 0 saturated heterocycles. The van der Waals surface area contributed by atoms with Gasteiger partial charge in [-0.25, -0.2) is 12.7 Å². The SMILES string of the molecule is COCN(c1cc(Cl)cnc1C(O)c1cc[n+](OC)c(C)c1)S(=O)(=O)c1ccc(Cl)c(C(F)(F)F)c1. The Hall–Kier alpha value is -2.64. The lowest BCUT2D eigenvalue weighted by atomic mass is 10.1. The number of aromatic nitrogens is 2. The number of ether oxygens (including phenoxy) is 1. The molecule has 8 nitrogen and oxygen atoms in total. The van der Waals surface area contributed by atoms with Gasteiger partial charge in [-0.3, -0.25) is 9.82 Å². The van der Waals surface area contributed by atoms with E-state index in [0.29, 0.717) is 21.6 Å². The van der Waals surface area contributed by atoms with E-state index in [1.807, 2.05) is 0 Å². The summed E-state index contributed by atoms with van der Waals surface area (Å²) in [7, 11) is -2.02. The first-order valence-corrected chi connectivity index (χ1v) is 12.3. The maximum atomic E-state index is 13.5. The monoisotopic (exact) mass is 566 g/mol. The van der Waals surface area contributed by atoms with Crippen molar-refractivity contribution in [3.8, 4) is 0 Å². The number of alkyl halides is 3. The third kappa shape index (κ3) is 5.68. The number of hydrogen-bond acceptors (Lipinski definition) is 6. The number of pyridine rings is 2. The van der Waals surface area contributed by atoms with Crippen LogP contribution in [-0.2, 0) is 20.9 Å². The Morgan fingerprint density at radius 1 is 1.17 bits per heavy atom. The molecule has 2 heterocycles. The van der Waals surface area contributed by atoms with Crippen molar-refractivity contribution in [2.24, 2.45) is 0 Å². The van der Waals surface area contributed by atoms with Gasteiger partial charge in [0.25, 0.3) is 10.0 Å². The number of hydrogen-bond donors (Lipinski definition) is 1. The fourth-order valence-electron chi connectivity index (χ4n) is 3.40. The molecule has 0 aliphatic rings. The summed E-state index contributed by atoms with van der Waals surface area (Å²) in [6.45, 7) is 1.10. The molecule has 0 aliphatic carbocycles. The molecule has 0 saturated carbocycles. The van der Waals surface area contributed by atoms with Crippen LogP contribution in [0.25, 0.3) is 0 Å². The number of halogens is 5. The molecule has 3 aromatic rings. The van der Waals surface area contributed by atoms with Crippen molar-refractivity contribution in [2.75, 3.05) is 25.3 Å². The summed E-state index contributed by atoms with van der Waals surface area (Å²) in [5.41, 5.74) is -0.677. The topological polar surface area (TPSA) is 92.8 Å². The van der Waals surface area contributed by atoms with Gasteiger partial charge >= 0.3 is 6.18 Å². The van der Waals surface area contributed by atoms with Gasteiger partial charge in [0.05, 0.1) is 31.9 Å². The van der Waals surface area contributed by atoms with E-state index in [4.69, 9.17) is 32.8 Å². The van der Waals surface area contributed by atoms with Crippen LogP contribution in [-0.4, -0.2) is 39.5 Å². The molecule has 194 valence electrons. The normalized spacial score (nSPS) is 12.9. The summed E-state index contributed by atoms with van der Waals surface area (Å²) in [5, 5.41) is 10.5. The van der Waals surface area contributed by atoms with Crippen LogP contribution < -0.4 is 13.9 Å². The molecular weight excluding hydrogens is 546 g/mol. The number of sulfonamides is 1. The highest BCUT2D eigenvalue weighted by Gasteiger charge is 2.36. The van der Waals surface area contributed by atoms with E-state index in [1.165, 1.54) is 37.3 Å². The second-order valence-corrected chi connectivity index (χ2v) is 10.2. The van der Waals surface area contributed by atoms with Crippen LogP contribution in [0.1, 0.15) is 28.6 Å². The molecule has 1 atom stereocenters. The lowest BCUT2D eigenvalue weighted by Gasteiger charge is -2.27. The molecule has 36 heavy (non-hydrogen) atoms. The van der Waals surface area contributed by atoms with E-state index in [9.17, 15) is 26.7 Å². The average molecular weight is 567 g/mol. The van der Waals surface area contributed by atoms with Crippen LogP contribution in [0.3, 0.4) is 0 Å². The number of methoxy groups -OCH3 is 1. The molecule has 1 unspecified atom stereocenters. The number of aliphatic hydroxyl groups is 1. The zero-order valence-electron chi connectivity index (χ0n) is 19.1. The first-order chi connectivity index (χ1) is 16.8. The predicted octanol–water partition coefficient (Wildman–Crippen LogP) is 3.94. The zero-order chi connectivity index (χ0) is 26.8. The highest BCUT2D eigenvalue weighted by molar-refractivity contribution is 7.92. The van der Waals surface area contributed by atoms with Crippen LogP contribution in [0.15, 0.2) is 53.7 Å². The van der Waals surface area contributed by atoms with Crippen molar-refractivity contribution < 1.29 is 41.0 Å². The van der Waals surface area contributed by atoms with Crippen LogP contribution in [0, 0.1) is 6.92 Å². The molecule has 0 spiro atoms. The van der Waals surface area contributed by atoms with Gasteiger partial charge in [0.15, 0.2) is 0 Å². The van der Waals surface area contributed by atoms with Crippen molar-refractivity contribution in [3.63, 3.8) is 0 Å². The highest BCUT2D eigenvalue weighted by atomic mass is 35.5. The lowest BCUT2D eigenvalue weighted by molar-refractivity contribution is -0.889. The largest absolute Gasteiger partial charge is 0.417 e. The molecule has 0 amide bonds. The van der Waals surface area contributed by atoms with Crippen molar-refractivity contribution in [2.45, 2.75) is 24.1 Å². The van der Waals surface area contributed by atoms with Gasteiger partial charge in [-0.05, 0) is 29.8 Å². The van der Waals surface area contributed by atoms with E-state index >= 15 is 0 Å². The minimum Gasteiger partial charge on any atom is -0.382 e. The van der Waals surface area contributed by atoms with Gasteiger partial charge in [-0.1, -0.05) is 23.2 Å². The number of nitrogens with zero attached hydrogens (tertiary/aromatic N) is 3. The van der Waals surface area contributed by atoms with Crippen molar-refractivity contribution in [1.82, 2.24) is 4.98 Å². The third-order valence-electron chi connectivity index (χ3n) is 5.11. The van der Waals surface area contributed by atoms with Crippen molar-refractivity contribution in [3.05, 3.63) is 81.4 Å². The summed E-state index contributed by atoms with van der Waals surface area (Å²) in [6.07, 6.45) is -3.58. The first kappa shape index (κ1) is 27.9. The second kappa shape index (κ2) is 10.8. The minimum absolute atomic E-state index is 0.0193.